The number of hydrogen-bond donors (Lipinski definition) is 0. The molecule has 0 saturated heterocycles. The molecule has 114 valence electrons. The molecule has 1 saturated carbocycles. The standard InChI is InChI=1S/C14H14BrF3N2O/c15-10-4-5-11-12(8-10)20(6-7-21-14(16,17)18)13(19-11)9-2-1-3-9/h4-5,8-9H,1-3,6-7H2. The van der Waals surface area contributed by atoms with E-state index in [2.05, 4.69) is 25.7 Å². The zero-order chi connectivity index (χ0) is 15.0. The van der Waals surface area contributed by atoms with E-state index in [1.807, 2.05) is 22.8 Å². The normalized spacial score (nSPS) is 16.4. The molecule has 0 amide bonds. The molecule has 1 heterocycles. The van der Waals surface area contributed by atoms with Crippen molar-refractivity contribution in [2.45, 2.75) is 38.1 Å². The van der Waals surface area contributed by atoms with Crippen molar-refractivity contribution in [2.24, 2.45) is 0 Å². The SMILES string of the molecule is FC(F)(F)OCCn1c(C2CCC2)nc2ccc(Br)cc21. The molecule has 0 N–H and O–H groups in total. The average molecular weight is 363 g/mol. The Balaban J connectivity index is 1.90. The minimum Gasteiger partial charge on any atom is -0.325 e. The first-order chi connectivity index (χ1) is 9.94. The largest absolute Gasteiger partial charge is 0.522 e. The van der Waals surface area contributed by atoms with Crippen LogP contribution in [0.1, 0.15) is 31.0 Å². The Labute approximate surface area is 128 Å². The molecule has 0 spiro atoms. The van der Waals surface area contributed by atoms with E-state index in [4.69, 9.17) is 0 Å². The van der Waals surface area contributed by atoms with Gasteiger partial charge in [0, 0.05) is 16.9 Å². The van der Waals surface area contributed by atoms with Crippen molar-refractivity contribution in [1.29, 1.82) is 0 Å². The third kappa shape index (κ3) is 3.23. The lowest BCUT2D eigenvalue weighted by molar-refractivity contribution is -0.325. The highest BCUT2D eigenvalue weighted by Crippen LogP contribution is 2.37. The predicted molar refractivity (Wildman–Crippen MR) is 76.0 cm³/mol. The fraction of sp³-hybridized carbons (Fsp3) is 0.500. The van der Waals surface area contributed by atoms with Gasteiger partial charge in [0.05, 0.1) is 17.6 Å². The van der Waals surface area contributed by atoms with Crippen LogP contribution in [0.15, 0.2) is 22.7 Å². The second kappa shape index (κ2) is 5.61. The van der Waals surface area contributed by atoms with Crippen LogP contribution in [-0.2, 0) is 11.3 Å². The number of benzene rings is 1. The number of rotatable bonds is 4. The van der Waals surface area contributed by atoms with E-state index >= 15 is 0 Å². The lowest BCUT2D eigenvalue weighted by atomic mass is 9.85. The van der Waals surface area contributed by atoms with Gasteiger partial charge in [-0.1, -0.05) is 22.4 Å². The van der Waals surface area contributed by atoms with E-state index in [9.17, 15) is 13.2 Å². The molecular weight excluding hydrogens is 349 g/mol. The zero-order valence-electron chi connectivity index (χ0n) is 11.2. The summed E-state index contributed by atoms with van der Waals surface area (Å²) in [4.78, 5) is 4.60. The van der Waals surface area contributed by atoms with E-state index in [1.54, 1.807) is 0 Å². The van der Waals surface area contributed by atoms with Gasteiger partial charge in [0.2, 0.25) is 0 Å². The number of imidazole rings is 1. The Kier molecular flexibility index (Phi) is 3.96. The summed E-state index contributed by atoms with van der Waals surface area (Å²) in [5, 5.41) is 0. The van der Waals surface area contributed by atoms with Crippen molar-refractivity contribution in [3.8, 4) is 0 Å². The van der Waals surface area contributed by atoms with Gasteiger partial charge in [-0.25, -0.2) is 4.98 Å². The molecule has 21 heavy (non-hydrogen) atoms. The maximum absolute atomic E-state index is 12.1. The zero-order valence-corrected chi connectivity index (χ0v) is 12.7. The Morgan fingerprint density at radius 1 is 1.33 bits per heavy atom. The first-order valence-corrected chi connectivity index (χ1v) is 7.60. The number of hydrogen-bond acceptors (Lipinski definition) is 2. The van der Waals surface area contributed by atoms with Crippen molar-refractivity contribution < 1.29 is 17.9 Å². The van der Waals surface area contributed by atoms with Crippen LogP contribution in [0.3, 0.4) is 0 Å². The third-order valence-corrected chi connectivity index (χ3v) is 4.28. The maximum atomic E-state index is 12.1. The van der Waals surface area contributed by atoms with Crippen molar-refractivity contribution in [3.63, 3.8) is 0 Å². The number of alkyl halides is 3. The van der Waals surface area contributed by atoms with Gasteiger partial charge in [-0.15, -0.1) is 13.2 Å². The average Bonchev–Trinajstić information content (AvgIpc) is 2.64. The first kappa shape index (κ1) is 14.8. The monoisotopic (exact) mass is 362 g/mol. The molecule has 7 heteroatoms. The van der Waals surface area contributed by atoms with Crippen molar-refractivity contribution >= 4 is 27.0 Å². The van der Waals surface area contributed by atoms with Gasteiger partial charge >= 0.3 is 6.36 Å². The lowest BCUT2D eigenvalue weighted by Crippen LogP contribution is -2.20. The van der Waals surface area contributed by atoms with Crippen LogP contribution in [0.25, 0.3) is 11.0 Å². The molecule has 0 radical (unpaired) electrons. The smallest absolute Gasteiger partial charge is 0.325 e. The number of fused-ring (bicyclic) bond motifs is 1. The Morgan fingerprint density at radius 2 is 2.10 bits per heavy atom. The number of aromatic nitrogens is 2. The Hall–Kier alpha value is -1.08. The molecule has 1 aromatic carbocycles. The Bertz CT molecular complexity index is 649. The molecule has 3 rings (SSSR count). The molecule has 0 aliphatic heterocycles. The van der Waals surface area contributed by atoms with Crippen LogP contribution in [0.5, 0.6) is 0 Å². The van der Waals surface area contributed by atoms with Crippen LogP contribution in [0.2, 0.25) is 0 Å². The first-order valence-electron chi connectivity index (χ1n) is 6.80. The van der Waals surface area contributed by atoms with Crippen LogP contribution in [0, 0.1) is 0 Å². The minimum atomic E-state index is -4.59. The minimum absolute atomic E-state index is 0.151. The number of halogens is 4. The van der Waals surface area contributed by atoms with E-state index in [0.717, 1.165) is 40.6 Å². The molecule has 1 aliphatic rings. The van der Waals surface area contributed by atoms with Crippen molar-refractivity contribution in [2.75, 3.05) is 6.61 Å². The van der Waals surface area contributed by atoms with E-state index in [0.29, 0.717) is 5.92 Å². The molecule has 3 nitrogen and oxygen atoms in total. The fourth-order valence-corrected chi connectivity index (χ4v) is 2.93. The van der Waals surface area contributed by atoms with Crippen LogP contribution in [0.4, 0.5) is 13.2 Å². The summed E-state index contributed by atoms with van der Waals surface area (Å²) in [5.41, 5.74) is 1.66. The summed E-state index contributed by atoms with van der Waals surface area (Å²) in [6.07, 6.45) is -1.35. The van der Waals surface area contributed by atoms with Gasteiger partial charge in [-0.3, -0.25) is 4.74 Å². The summed E-state index contributed by atoms with van der Waals surface area (Å²) in [6.45, 7) is -0.251. The quantitative estimate of drug-likeness (QED) is 0.794. The lowest BCUT2D eigenvalue weighted by Gasteiger charge is -2.25. The van der Waals surface area contributed by atoms with Crippen LogP contribution in [-0.4, -0.2) is 22.5 Å². The molecule has 1 aromatic heterocycles. The van der Waals surface area contributed by atoms with Gasteiger partial charge in [0.1, 0.15) is 5.82 Å². The molecule has 0 atom stereocenters. The molecule has 0 bridgehead atoms. The van der Waals surface area contributed by atoms with Gasteiger partial charge in [0.25, 0.3) is 0 Å². The summed E-state index contributed by atoms with van der Waals surface area (Å²) >= 11 is 3.39. The molecule has 1 fully saturated rings. The number of nitrogens with zero attached hydrogens (tertiary/aromatic N) is 2. The fourth-order valence-electron chi connectivity index (χ4n) is 2.58. The summed E-state index contributed by atoms with van der Waals surface area (Å²) in [5.74, 6) is 1.22. The van der Waals surface area contributed by atoms with Crippen LogP contribution >= 0.6 is 15.9 Å². The molecular formula is C14H14BrF3N2O. The summed E-state index contributed by atoms with van der Waals surface area (Å²) in [7, 11) is 0. The van der Waals surface area contributed by atoms with Crippen molar-refractivity contribution in [3.05, 3.63) is 28.5 Å². The molecule has 2 aromatic rings. The van der Waals surface area contributed by atoms with Gasteiger partial charge in [0.15, 0.2) is 0 Å². The van der Waals surface area contributed by atoms with E-state index in [-0.39, 0.29) is 6.54 Å². The predicted octanol–water partition coefficient (Wildman–Crippen LogP) is 4.60. The van der Waals surface area contributed by atoms with Gasteiger partial charge < -0.3 is 4.57 Å². The van der Waals surface area contributed by atoms with E-state index < -0.39 is 13.0 Å². The maximum Gasteiger partial charge on any atom is 0.522 e. The highest BCUT2D eigenvalue weighted by molar-refractivity contribution is 9.10. The second-order valence-electron chi connectivity index (χ2n) is 5.18. The summed E-state index contributed by atoms with van der Waals surface area (Å²) < 4.78 is 43.1. The van der Waals surface area contributed by atoms with Gasteiger partial charge in [-0.2, -0.15) is 0 Å². The highest BCUT2D eigenvalue weighted by Gasteiger charge is 2.30. The number of ether oxygens (including phenoxy) is 1. The molecule has 1 aliphatic carbocycles. The molecule has 0 unspecified atom stereocenters. The Morgan fingerprint density at radius 3 is 2.71 bits per heavy atom. The topological polar surface area (TPSA) is 27.1 Å². The van der Waals surface area contributed by atoms with Crippen LogP contribution < -0.4 is 0 Å². The van der Waals surface area contributed by atoms with E-state index in [1.165, 1.54) is 0 Å². The van der Waals surface area contributed by atoms with Crippen molar-refractivity contribution in [1.82, 2.24) is 9.55 Å². The highest BCUT2D eigenvalue weighted by atomic mass is 79.9. The van der Waals surface area contributed by atoms with Gasteiger partial charge in [-0.05, 0) is 31.0 Å². The second-order valence-corrected chi connectivity index (χ2v) is 6.09. The summed E-state index contributed by atoms with van der Waals surface area (Å²) in [6, 6.07) is 5.65. The third-order valence-electron chi connectivity index (χ3n) is 3.79.